The van der Waals surface area contributed by atoms with Crippen molar-refractivity contribution < 1.29 is 58.8 Å². The van der Waals surface area contributed by atoms with Gasteiger partial charge in [-0.05, 0) is 54.9 Å². The lowest BCUT2D eigenvalue weighted by Crippen LogP contribution is -2.60. The summed E-state index contributed by atoms with van der Waals surface area (Å²) in [5.41, 5.74) is 6.23. The van der Waals surface area contributed by atoms with Crippen LogP contribution in [0.5, 0.6) is 0 Å². The lowest BCUT2D eigenvalue weighted by molar-refractivity contribution is -0.141. The zero-order valence-electron chi connectivity index (χ0n) is 31.0. The molecule has 0 aliphatic rings. The van der Waals surface area contributed by atoms with Gasteiger partial charge in [0.15, 0.2) is 6.10 Å². The van der Waals surface area contributed by atoms with Crippen molar-refractivity contribution in [3.05, 3.63) is 65.7 Å². The molecule has 2 rings (SSSR count). The van der Waals surface area contributed by atoms with Crippen molar-refractivity contribution in [3.63, 3.8) is 0 Å². The molecule has 18 heteroatoms. The summed E-state index contributed by atoms with van der Waals surface area (Å²) in [6.45, 7) is 6.84. The first kappa shape index (κ1) is 45.3. The third kappa shape index (κ3) is 15.6. The van der Waals surface area contributed by atoms with Crippen molar-refractivity contribution in [1.82, 2.24) is 21.3 Å². The van der Waals surface area contributed by atoms with Gasteiger partial charge < -0.3 is 52.7 Å². The Balaban J connectivity index is 2.33. The normalized spacial score (nSPS) is 14.3. The molecule has 55 heavy (non-hydrogen) atoms. The number of hydrogen-bond donors (Lipinski definition) is 10. The van der Waals surface area contributed by atoms with Crippen LogP contribution in [-0.2, 0) is 40.0 Å². The van der Waals surface area contributed by atoms with Crippen LogP contribution < -0.4 is 32.3 Å². The van der Waals surface area contributed by atoms with Gasteiger partial charge in [-0.15, -0.1) is 0 Å². The van der Waals surface area contributed by atoms with E-state index in [9.17, 15) is 53.7 Å². The fourth-order valence-electron chi connectivity index (χ4n) is 5.35. The first-order valence-electron chi connectivity index (χ1n) is 17.6. The minimum Gasteiger partial charge on any atom is -0.481 e. The van der Waals surface area contributed by atoms with Gasteiger partial charge in [0, 0.05) is 12.1 Å². The van der Waals surface area contributed by atoms with Crippen molar-refractivity contribution in [2.45, 2.75) is 96.1 Å². The SMILES string of the molecule is CC(C)C[C@H](NC(=O)[C@@H](NC(=O)[C@@H](N)CCC(=O)O)C(C)C)C(=O)N[C@@H](Cc1ccccc1)[C@@H](O)C(=O)N[C@@H](CC(=O)O)C(=O)Nc1cccc(C(=O)O)c1. The van der Waals surface area contributed by atoms with Gasteiger partial charge in [-0.1, -0.05) is 64.1 Å². The molecule has 0 spiro atoms. The predicted octanol–water partition coefficient (Wildman–Crippen LogP) is 0.235. The Bertz CT molecular complexity index is 1690. The molecule has 0 fully saturated rings. The van der Waals surface area contributed by atoms with Crippen molar-refractivity contribution in [2.24, 2.45) is 17.6 Å². The number of carboxylic acids is 3. The van der Waals surface area contributed by atoms with Gasteiger partial charge in [-0.3, -0.25) is 33.6 Å². The quantitative estimate of drug-likeness (QED) is 0.0768. The number of hydrogen-bond acceptors (Lipinski definition) is 10. The average Bonchev–Trinajstić information content (AvgIpc) is 3.11. The molecule has 0 bridgehead atoms. The van der Waals surface area contributed by atoms with Crippen LogP contribution in [0.25, 0.3) is 0 Å². The Hall–Kier alpha value is -5.88. The Morgan fingerprint density at radius 3 is 1.89 bits per heavy atom. The monoisotopic (exact) mass is 770 g/mol. The highest BCUT2D eigenvalue weighted by atomic mass is 16.4. The van der Waals surface area contributed by atoms with Crippen LogP contribution in [0.1, 0.15) is 69.3 Å². The molecule has 0 heterocycles. The number of aliphatic carboxylic acids is 2. The van der Waals surface area contributed by atoms with Gasteiger partial charge in [-0.25, -0.2) is 4.79 Å². The van der Waals surface area contributed by atoms with Crippen LogP contribution in [-0.4, -0.2) is 104 Å². The van der Waals surface area contributed by atoms with Crippen molar-refractivity contribution in [3.8, 4) is 0 Å². The molecule has 2 aromatic rings. The van der Waals surface area contributed by atoms with Gasteiger partial charge in [-0.2, -0.15) is 0 Å². The van der Waals surface area contributed by atoms with E-state index in [0.717, 1.165) is 6.07 Å². The number of anilines is 1. The number of aliphatic hydroxyl groups excluding tert-OH is 1. The first-order valence-corrected chi connectivity index (χ1v) is 17.6. The third-order valence-corrected chi connectivity index (χ3v) is 8.26. The summed E-state index contributed by atoms with van der Waals surface area (Å²) in [5, 5.41) is 51.3. The molecular formula is C37H50N6O12. The minimum atomic E-state index is -2.06. The van der Waals surface area contributed by atoms with E-state index in [2.05, 4.69) is 26.6 Å². The third-order valence-electron chi connectivity index (χ3n) is 8.26. The highest BCUT2D eigenvalue weighted by Crippen LogP contribution is 2.14. The highest BCUT2D eigenvalue weighted by Gasteiger charge is 2.35. The van der Waals surface area contributed by atoms with E-state index < -0.39 is 96.1 Å². The van der Waals surface area contributed by atoms with Gasteiger partial charge in [0.25, 0.3) is 5.91 Å². The lowest BCUT2D eigenvalue weighted by Gasteiger charge is -2.30. The number of carbonyl (C=O) groups is 8. The second-order valence-corrected chi connectivity index (χ2v) is 13.7. The van der Waals surface area contributed by atoms with Crippen LogP contribution in [0.15, 0.2) is 54.6 Å². The molecule has 6 atom stereocenters. The summed E-state index contributed by atoms with van der Waals surface area (Å²) in [6.07, 6.45) is -3.56. The van der Waals surface area contributed by atoms with E-state index >= 15 is 0 Å². The average molecular weight is 771 g/mol. The van der Waals surface area contributed by atoms with E-state index in [1.54, 1.807) is 58.0 Å². The fourth-order valence-corrected chi connectivity index (χ4v) is 5.35. The summed E-state index contributed by atoms with van der Waals surface area (Å²) in [7, 11) is 0. The van der Waals surface area contributed by atoms with Crippen LogP contribution >= 0.6 is 0 Å². The zero-order chi connectivity index (χ0) is 41.4. The Kier molecular flexibility index (Phi) is 17.9. The van der Waals surface area contributed by atoms with Gasteiger partial charge in [0.1, 0.15) is 18.1 Å². The molecule has 0 saturated heterocycles. The summed E-state index contributed by atoms with van der Waals surface area (Å²) in [5.74, 6) is -9.12. The van der Waals surface area contributed by atoms with Gasteiger partial charge >= 0.3 is 17.9 Å². The maximum atomic E-state index is 13.9. The summed E-state index contributed by atoms with van der Waals surface area (Å²) >= 11 is 0. The van der Waals surface area contributed by atoms with E-state index in [4.69, 9.17) is 10.8 Å². The second-order valence-electron chi connectivity index (χ2n) is 13.7. The standard InChI is InChI=1S/C37H50N6O12/c1-19(2)15-26(41-35(52)30(20(3)4)43-32(49)24(38)13-14-28(44)45)34(51)40-25(16-21-9-6-5-7-10-21)31(48)36(53)42-27(18-29(46)47)33(50)39-23-12-8-11-22(17-23)37(54)55/h5-12,17,19-20,24-27,30-31,48H,13-16,18,38H2,1-4H3,(H,39,50)(H,40,51)(H,41,52)(H,42,53)(H,43,49)(H,44,45)(H,46,47)(H,54,55)/t24-,25-,26-,27-,30-,31+/m0/s1. The number of carbonyl (C=O) groups excluding carboxylic acids is 5. The number of nitrogens with one attached hydrogen (secondary N) is 5. The number of nitrogens with two attached hydrogens (primary N) is 1. The molecule has 2 aromatic carbocycles. The molecule has 18 nitrogen and oxygen atoms in total. The molecule has 0 aliphatic carbocycles. The Morgan fingerprint density at radius 1 is 0.691 bits per heavy atom. The number of aliphatic hydroxyl groups is 1. The van der Waals surface area contributed by atoms with E-state index in [1.165, 1.54) is 18.2 Å². The molecule has 5 amide bonds. The molecule has 11 N–H and O–H groups in total. The fraction of sp³-hybridized carbons (Fsp3) is 0.459. The maximum absolute atomic E-state index is 13.9. The number of rotatable bonds is 22. The zero-order valence-corrected chi connectivity index (χ0v) is 31.0. The van der Waals surface area contributed by atoms with Crippen molar-refractivity contribution in [2.75, 3.05) is 5.32 Å². The van der Waals surface area contributed by atoms with Crippen LogP contribution in [0, 0.1) is 11.8 Å². The molecule has 0 aliphatic heterocycles. The van der Waals surface area contributed by atoms with Crippen molar-refractivity contribution >= 4 is 53.1 Å². The van der Waals surface area contributed by atoms with Crippen LogP contribution in [0.4, 0.5) is 5.69 Å². The summed E-state index contributed by atoms with van der Waals surface area (Å²) in [6, 6.07) is 6.77. The maximum Gasteiger partial charge on any atom is 0.335 e. The highest BCUT2D eigenvalue weighted by molar-refractivity contribution is 6.00. The molecule has 0 unspecified atom stereocenters. The topological polar surface area (TPSA) is 304 Å². The van der Waals surface area contributed by atoms with E-state index in [-0.39, 0.29) is 42.9 Å². The number of carboxylic acid groups (broad SMARTS) is 3. The Labute approximate surface area is 317 Å². The smallest absolute Gasteiger partial charge is 0.335 e. The van der Waals surface area contributed by atoms with Gasteiger partial charge in [0.2, 0.25) is 23.6 Å². The van der Waals surface area contributed by atoms with Crippen molar-refractivity contribution in [1.29, 1.82) is 0 Å². The molecule has 0 aromatic heterocycles. The molecule has 300 valence electrons. The minimum absolute atomic E-state index is 0.00264. The number of amides is 5. The van der Waals surface area contributed by atoms with Crippen LogP contribution in [0.2, 0.25) is 0 Å². The summed E-state index contributed by atoms with van der Waals surface area (Å²) in [4.78, 5) is 101. The molecule has 0 radical (unpaired) electrons. The van der Waals surface area contributed by atoms with Crippen LogP contribution in [0.3, 0.4) is 0 Å². The number of aromatic carboxylic acids is 1. The first-order chi connectivity index (χ1) is 25.8. The molecule has 0 saturated carbocycles. The second kappa shape index (κ2) is 21.7. The largest absolute Gasteiger partial charge is 0.481 e. The van der Waals surface area contributed by atoms with E-state index in [1.807, 2.05) is 0 Å². The lowest BCUT2D eigenvalue weighted by atomic mass is 9.97. The predicted molar refractivity (Wildman–Crippen MR) is 197 cm³/mol. The molecular weight excluding hydrogens is 720 g/mol. The Morgan fingerprint density at radius 2 is 1.33 bits per heavy atom. The summed E-state index contributed by atoms with van der Waals surface area (Å²) < 4.78 is 0. The number of benzene rings is 2. The van der Waals surface area contributed by atoms with E-state index in [0.29, 0.717) is 5.56 Å². The van der Waals surface area contributed by atoms with Gasteiger partial charge in [0.05, 0.1) is 24.1 Å².